The number of carboxylic acids is 1. The summed E-state index contributed by atoms with van der Waals surface area (Å²) >= 11 is 1.19. The zero-order valence-electron chi connectivity index (χ0n) is 10.4. The number of hydrogen-bond donors (Lipinski definition) is 1. The highest BCUT2D eigenvalue weighted by Gasteiger charge is 2.23. The van der Waals surface area contributed by atoms with Crippen LogP contribution in [0.15, 0.2) is 0 Å². The van der Waals surface area contributed by atoms with Crippen LogP contribution < -0.4 is 0 Å². The Morgan fingerprint density at radius 2 is 1.88 bits per heavy atom. The van der Waals surface area contributed by atoms with Crippen LogP contribution in [0, 0.1) is 0 Å². The van der Waals surface area contributed by atoms with Gasteiger partial charge in [-0.2, -0.15) is 0 Å². The Morgan fingerprint density at radius 3 is 2.41 bits per heavy atom. The highest BCUT2D eigenvalue weighted by molar-refractivity contribution is 8.00. The van der Waals surface area contributed by atoms with E-state index < -0.39 is 5.97 Å². The van der Waals surface area contributed by atoms with Crippen molar-refractivity contribution >= 4 is 23.6 Å². The SMILES string of the molecule is CCN(C(=O)CSCC(=O)O)C1CCCCC1. The Labute approximate surface area is 107 Å². The van der Waals surface area contributed by atoms with E-state index in [1.54, 1.807) is 0 Å². The number of carbonyl (C=O) groups is 2. The number of hydrogen-bond acceptors (Lipinski definition) is 3. The molecule has 1 aliphatic carbocycles. The van der Waals surface area contributed by atoms with Crippen molar-refractivity contribution in [3.05, 3.63) is 0 Å². The van der Waals surface area contributed by atoms with Crippen LogP contribution in [0.25, 0.3) is 0 Å². The lowest BCUT2D eigenvalue weighted by Gasteiger charge is -2.33. The first-order valence-electron chi connectivity index (χ1n) is 6.24. The van der Waals surface area contributed by atoms with Crippen molar-refractivity contribution in [2.24, 2.45) is 0 Å². The van der Waals surface area contributed by atoms with Crippen LogP contribution in [-0.4, -0.2) is 46.0 Å². The first-order valence-corrected chi connectivity index (χ1v) is 7.39. The molecule has 0 radical (unpaired) electrons. The summed E-state index contributed by atoms with van der Waals surface area (Å²) in [6.45, 7) is 2.73. The van der Waals surface area contributed by atoms with Crippen LogP contribution in [-0.2, 0) is 9.59 Å². The molecule has 0 saturated heterocycles. The number of rotatable bonds is 6. The number of carbonyl (C=O) groups excluding carboxylic acids is 1. The molecule has 1 saturated carbocycles. The second-order valence-corrected chi connectivity index (χ2v) is 5.34. The molecule has 0 aromatic heterocycles. The second kappa shape index (κ2) is 7.58. The molecule has 17 heavy (non-hydrogen) atoms. The third kappa shape index (κ3) is 4.98. The lowest BCUT2D eigenvalue weighted by atomic mass is 9.94. The van der Waals surface area contributed by atoms with Crippen LogP contribution in [0.1, 0.15) is 39.0 Å². The molecule has 5 heteroatoms. The molecular weight excluding hydrogens is 238 g/mol. The van der Waals surface area contributed by atoms with Gasteiger partial charge in [-0.1, -0.05) is 19.3 Å². The summed E-state index contributed by atoms with van der Waals surface area (Å²) < 4.78 is 0. The molecule has 0 aromatic rings. The normalized spacial score (nSPS) is 16.8. The van der Waals surface area contributed by atoms with Gasteiger partial charge in [0, 0.05) is 12.6 Å². The highest BCUT2D eigenvalue weighted by atomic mass is 32.2. The molecule has 1 amide bonds. The number of thioether (sulfide) groups is 1. The molecule has 98 valence electrons. The summed E-state index contributed by atoms with van der Waals surface area (Å²) in [5.41, 5.74) is 0. The third-order valence-electron chi connectivity index (χ3n) is 3.13. The summed E-state index contributed by atoms with van der Waals surface area (Å²) in [5, 5.41) is 8.53. The van der Waals surface area contributed by atoms with Crippen molar-refractivity contribution in [3.8, 4) is 0 Å². The molecule has 0 heterocycles. The van der Waals surface area contributed by atoms with Gasteiger partial charge < -0.3 is 10.0 Å². The van der Waals surface area contributed by atoms with Gasteiger partial charge in [0.05, 0.1) is 11.5 Å². The first-order chi connectivity index (χ1) is 8.15. The van der Waals surface area contributed by atoms with Crippen LogP contribution >= 0.6 is 11.8 Å². The van der Waals surface area contributed by atoms with Crippen LogP contribution in [0.2, 0.25) is 0 Å². The second-order valence-electron chi connectivity index (χ2n) is 4.36. The van der Waals surface area contributed by atoms with Gasteiger partial charge in [-0.15, -0.1) is 11.8 Å². The van der Waals surface area contributed by atoms with E-state index in [1.165, 1.54) is 31.0 Å². The molecule has 1 N–H and O–H groups in total. The smallest absolute Gasteiger partial charge is 0.313 e. The van der Waals surface area contributed by atoms with Crippen molar-refractivity contribution in [2.45, 2.75) is 45.1 Å². The summed E-state index contributed by atoms with van der Waals surface area (Å²) in [5.74, 6) is -0.473. The Morgan fingerprint density at radius 1 is 1.24 bits per heavy atom. The monoisotopic (exact) mass is 259 g/mol. The third-order valence-corrected chi connectivity index (χ3v) is 4.03. The van der Waals surface area contributed by atoms with E-state index in [2.05, 4.69) is 0 Å². The Hall–Kier alpha value is -0.710. The number of aliphatic carboxylic acids is 1. The number of nitrogens with zero attached hydrogens (tertiary/aromatic N) is 1. The van der Waals surface area contributed by atoms with Gasteiger partial charge in [-0.05, 0) is 19.8 Å². The predicted octanol–water partition coefficient (Wildman–Crippen LogP) is 1.99. The maximum absolute atomic E-state index is 12.0. The van der Waals surface area contributed by atoms with Crippen molar-refractivity contribution in [2.75, 3.05) is 18.1 Å². The molecule has 1 rings (SSSR count). The molecule has 0 unspecified atom stereocenters. The molecular formula is C12H21NO3S. The van der Waals surface area contributed by atoms with E-state index in [1.807, 2.05) is 11.8 Å². The average Bonchev–Trinajstić information content (AvgIpc) is 2.31. The fourth-order valence-electron chi connectivity index (χ4n) is 2.34. The molecule has 0 bridgehead atoms. The maximum atomic E-state index is 12.0. The summed E-state index contributed by atoms with van der Waals surface area (Å²) in [6.07, 6.45) is 5.88. The summed E-state index contributed by atoms with van der Waals surface area (Å²) in [6, 6.07) is 0.381. The minimum absolute atomic E-state index is 0.00790. The molecule has 0 aromatic carbocycles. The fraction of sp³-hybridized carbons (Fsp3) is 0.833. The summed E-state index contributed by atoms with van der Waals surface area (Å²) in [4.78, 5) is 24.3. The van der Waals surface area contributed by atoms with Crippen molar-refractivity contribution in [1.29, 1.82) is 0 Å². The van der Waals surface area contributed by atoms with Gasteiger partial charge in [0.1, 0.15) is 0 Å². The molecule has 1 fully saturated rings. The zero-order valence-corrected chi connectivity index (χ0v) is 11.2. The minimum atomic E-state index is -0.858. The molecule has 0 spiro atoms. The lowest BCUT2D eigenvalue weighted by Crippen LogP contribution is -2.42. The van der Waals surface area contributed by atoms with Gasteiger partial charge in [0.25, 0.3) is 0 Å². The summed E-state index contributed by atoms with van der Waals surface area (Å²) in [7, 11) is 0. The molecule has 1 aliphatic rings. The van der Waals surface area contributed by atoms with Gasteiger partial charge in [-0.25, -0.2) is 0 Å². The molecule has 4 nitrogen and oxygen atoms in total. The van der Waals surface area contributed by atoms with E-state index in [4.69, 9.17) is 5.11 Å². The Bertz CT molecular complexity index is 264. The topological polar surface area (TPSA) is 57.6 Å². The fourth-order valence-corrected chi connectivity index (χ4v) is 2.96. The Kier molecular flexibility index (Phi) is 6.40. The average molecular weight is 259 g/mol. The minimum Gasteiger partial charge on any atom is -0.481 e. The molecule has 0 atom stereocenters. The zero-order chi connectivity index (χ0) is 12.7. The van der Waals surface area contributed by atoms with Crippen molar-refractivity contribution < 1.29 is 14.7 Å². The maximum Gasteiger partial charge on any atom is 0.313 e. The van der Waals surface area contributed by atoms with E-state index in [9.17, 15) is 9.59 Å². The number of carboxylic acid groups (broad SMARTS) is 1. The van der Waals surface area contributed by atoms with Crippen molar-refractivity contribution in [1.82, 2.24) is 4.90 Å². The number of amides is 1. The van der Waals surface area contributed by atoms with E-state index in [0.29, 0.717) is 6.04 Å². The predicted molar refractivity (Wildman–Crippen MR) is 69.2 cm³/mol. The van der Waals surface area contributed by atoms with Crippen LogP contribution in [0.5, 0.6) is 0 Å². The lowest BCUT2D eigenvalue weighted by molar-refractivity contribution is -0.133. The van der Waals surface area contributed by atoms with E-state index in [0.717, 1.165) is 19.4 Å². The highest BCUT2D eigenvalue weighted by Crippen LogP contribution is 2.23. The van der Waals surface area contributed by atoms with E-state index in [-0.39, 0.29) is 17.4 Å². The van der Waals surface area contributed by atoms with Crippen LogP contribution in [0.4, 0.5) is 0 Å². The van der Waals surface area contributed by atoms with Crippen LogP contribution in [0.3, 0.4) is 0 Å². The van der Waals surface area contributed by atoms with E-state index >= 15 is 0 Å². The molecule has 0 aliphatic heterocycles. The standard InChI is InChI=1S/C12H21NO3S/c1-2-13(10-6-4-3-5-7-10)11(14)8-17-9-12(15)16/h10H,2-9H2,1H3,(H,15,16). The first kappa shape index (κ1) is 14.4. The Balaban J connectivity index is 2.37. The van der Waals surface area contributed by atoms with Gasteiger partial charge >= 0.3 is 5.97 Å². The van der Waals surface area contributed by atoms with Gasteiger partial charge in [-0.3, -0.25) is 9.59 Å². The largest absolute Gasteiger partial charge is 0.481 e. The van der Waals surface area contributed by atoms with Gasteiger partial charge in [0.15, 0.2) is 0 Å². The quantitative estimate of drug-likeness (QED) is 0.792. The van der Waals surface area contributed by atoms with Crippen molar-refractivity contribution in [3.63, 3.8) is 0 Å². The van der Waals surface area contributed by atoms with Gasteiger partial charge in [0.2, 0.25) is 5.91 Å².